The standard InChI is InChI=1S/C25H23Br2N3O4/c1-15(6-13-23(32)30-21-5-3-2-4-20(21)28)24(19-14-17(27)9-12-22(19)31)34-25(33)29-18-10-7-16(26)8-11-18/h2-15,24,31H,28H2,1H3,(H,29,33)(H,30,32)/b13-6+/t15-,24+/m1/s1. The Kier molecular flexibility index (Phi) is 8.72. The molecule has 3 rings (SSSR count). The lowest BCUT2D eigenvalue weighted by molar-refractivity contribution is -0.111. The molecule has 0 fully saturated rings. The summed E-state index contributed by atoms with van der Waals surface area (Å²) in [5.74, 6) is -0.887. The van der Waals surface area contributed by atoms with Gasteiger partial charge in [-0.2, -0.15) is 0 Å². The summed E-state index contributed by atoms with van der Waals surface area (Å²) in [6.07, 6.45) is 1.37. The van der Waals surface area contributed by atoms with Crippen LogP contribution in [0.2, 0.25) is 0 Å². The van der Waals surface area contributed by atoms with Gasteiger partial charge < -0.3 is 20.9 Å². The van der Waals surface area contributed by atoms with Gasteiger partial charge in [0, 0.05) is 26.1 Å². The van der Waals surface area contributed by atoms with Crippen molar-refractivity contribution in [3.8, 4) is 5.75 Å². The first kappa shape index (κ1) is 25.3. The van der Waals surface area contributed by atoms with E-state index >= 15 is 0 Å². The van der Waals surface area contributed by atoms with E-state index in [2.05, 4.69) is 42.5 Å². The molecule has 5 N–H and O–H groups in total. The van der Waals surface area contributed by atoms with Crippen LogP contribution in [0.1, 0.15) is 18.6 Å². The van der Waals surface area contributed by atoms with E-state index in [1.807, 2.05) is 0 Å². The summed E-state index contributed by atoms with van der Waals surface area (Å²) in [4.78, 5) is 25.0. The Bertz CT molecular complexity index is 1200. The summed E-state index contributed by atoms with van der Waals surface area (Å²) in [6.45, 7) is 1.78. The number of phenols is 1. The Labute approximate surface area is 214 Å². The number of halogens is 2. The second kappa shape index (κ2) is 11.7. The molecule has 0 bridgehead atoms. The number of anilines is 3. The number of carbonyl (C=O) groups excluding carboxylic acids is 2. The topological polar surface area (TPSA) is 114 Å². The Morgan fingerprint density at radius 3 is 2.38 bits per heavy atom. The third-order valence-electron chi connectivity index (χ3n) is 4.87. The maximum Gasteiger partial charge on any atom is 0.412 e. The molecule has 7 nitrogen and oxygen atoms in total. The van der Waals surface area contributed by atoms with Gasteiger partial charge in [0.25, 0.3) is 0 Å². The molecule has 0 aromatic heterocycles. The van der Waals surface area contributed by atoms with Crippen molar-refractivity contribution in [2.75, 3.05) is 16.4 Å². The molecule has 34 heavy (non-hydrogen) atoms. The van der Waals surface area contributed by atoms with E-state index in [0.29, 0.717) is 27.1 Å². The molecular weight excluding hydrogens is 566 g/mol. The molecule has 3 aromatic carbocycles. The number of para-hydroxylation sites is 2. The first-order valence-corrected chi connectivity index (χ1v) is 11.9. The number of benzene rings is 3. The minimum absolute atomic E-state index is 0.0357. The van der Waals surface area contributed by atoms with Gasteiger partial charge in [0.15, 0.2) is 0 Å². The van der Waals surface area contributed by atoms with Gasteiger partial charge in [-0.1, -0.05) is 57.0 Å². The third kappa shape index (κ3) is 7.10. The van der Waals surface area contributed by atoms with Gasteiger partial charge in [-0.3, -0.25) is 10.1 Å². The van der Waals surface area contributed by atoms with Crippen molar-refractivity contribution in [3.05, 3.63) is 93.4 Å². The smallest absolute Gasteiger partial charge is 0.412 e. The average molecular weight is 589 g/mol. The molecule has 3 aromatic rings. The third-order valence-corrected chi connectivity index (χ3v) is 5.89. The molecule has 0 aliphatic rings. The highest BCUT2D eigenvalue weighted by atomic mass is 79.9. The van der Waals surface area contributed by atoms with Gasteiger partial charge in [0.2, 0.25) is 5.91 Å². The van der Waals surface area contributed by atoms with Gasteiger partial charge >= 0.3 is 6.09 Å². The fourth-order valence-electron chi connectivity index (χ4n) is 3.13. The van der Waals surface area contributed by atoms with Crippen LogP contribution in [-0.4, -0.2) is 17.1 Å². The Hall–Kier alpha value is -3.30. The lowest BCUT2D eigenvalue weighted by atomic mass is 9.96. The molecule has 0 saturated carbocycles. The van der Waals surface area contributed by atoms with Gasteiger partial charge in [0.05, 0.1) is 11.4 Å². The quantitative estimate of drug-likeness (QED) is 0.183. The van der Waals surface area contributed by atoms with Gasteiger partial charge in [-0.05, 0) is 60.7 Å². The van der Waals surface area contributed by atoms with Crippen molar-refractivity contribution in [1.82, 2.24) is 0 Å². The highest BCUT2D eigenvalue weighted by molar-refractivity contribution is 9.10. The van der Waals surface area contributed by atoms with E-state index in [0.717, 1.165) is 4.47 Å². The minimum Gasteiger partial charge on any atom is -0.508 e. The molecule has 0 radical (unpaired) electrons. The van der Waals surface area contributed by atoms with E-state index in [4.69, 9.17) is 10.5 Å². The fraction of sp³-hybridized carbons (Fsp3) is 0.120. The van der Waals surface area contributed by atoms with Crippen molar-refractivity contribution in [3.63, 3.8) is 0 Å². The first-order valence-electron chi connectivity index (χ1n) is 10.3. The molecule has 176 valence electrons. The Balaban J connectivity index is 1.78. The summed E-state index contributed by atoms with van der Waals surface area (Å²) < 4.78 is 7.27. The number of nitrogen functional groups attached to an aromatic ring is 1. The number of rotatable bonds is 7. The first-order chi connectivity index (χ1) is 16.2. The van der Waals surface area contributed by atoms with Crippen LogP contribution in [0.5, 0.6) is 5.75 Å². The van der Waals surface area contributed by atoms with Crippen LogP contribution in [0, 0.1) is 5.92 Å². The zero-order valence-electron chi connectivity index (χ0n) is 18.2. The SMILES string of the molecule is C[C@H](/C=C/C(=O)Nc1ccccc1N)[C@H](OC(=O)Nc1ccc(Br)cc1)c1cc(Br)ccc1O. The van der Waals surface area contributed by atoms with Crippen LogP contribution < -0.4 is 16.4 Å². The number of hydrogen-bond donors (Lipinski definition) is 4. The van der Waals surface area contributed by atoms with E-state index in [1.165, 1.54) is 12.1 Å². The second-order valence-corrected chi connectivity index (χ2v) is 9.29. The number of phenolic OH excluding ortho intramolecular Hbond substituents is 1. The van der Waals surface area contributed by atoms with E-state index < -0.39 is 18.1 Å². The van der Waals surface area contributed by atoms with E-state index in [-0.39, 0.29) is 11.7 Å². The lowest BCUT2D eigenvalue weighted by Gasteiger charge is -2.23. The molecule has 0 spiro atoms. The van der Waals surface area contributed by atoms with Crippen molar-refractivity contribution in [1.29, 1.82) is 0 Å². The number of nitrogens with one attached hydrogen (secondary N) is 2. The molecule has 2 amide bonds. The van der Waals surface area contributed by atoms with Crippen molar-refractivity contribution < 1.29 is 19.4 Å². The van der Waals surface area contributed by atoms with Gasteiger partial charge in [0.1, 0.15) is 11.9 Å². The number of hydrogen-bond acceptors (Lipinski definition) is 5. The van der Waals surface area contributed by atoms with E-state index in [9.17, 15) is 14.7 Å². The molecular formula is C25H23Br2N3O4. The molecule has 2 atom stereocenters. The normalized spacial score (nSPS) is 12.7. The highest BCUT2D eigenvalue weighted by Gasteiger charge is 2.25. The Morgan fingerprint density at radius 1 is 1.00 bits per heavy atom. The average Bonchev–Trinajstić information content (AvgIpc) is 2.80. The molecule has 0 unspecified atom stereocenters. The summed E-state index contributed by atoms with van der Waals surface area (Å²) in [6, 6.07) is 18.8. The number of nitrogens with two attached hydrogens (primary N) is 1. The van der Waals surface area contributed by atoms with E-state index in [1.54, 1.807) is 73.7 Å². The van der Waals surface area contributed by atoms with Crippen LogP contribution in [0.15, 0.2) is 87.8 Å². The van der Waals surface area contributed by atoms with Gasteiger partial charge in [-0.25, -0.2) is 4.79 Å². The van der Waals surface area contributed by atoms with Crippen molar-refractivity contribution >= 4 is 60.9 Å². The van der Waals surface area contributed by atoms with Crippen molar-refractivity contribution in [2.24, 2.45) is 5.92 Å². The molecule has 0 aliphatic carbocycles. The number of aromatic hydroxyl groups is 1. The fourth-order valence-corrected chi connectivity index (χ4v) is 3.77. The summed E-state index contributed by atoms with van der Waals surface area (Å²) in [7, 11) is 0. The minimum atomic E-state index is -0.876. The largest absolute Gasteiger partial charge is 0.508 e. The van der Waals surface area contributed by atoms with Crippen LogP contribution in [0.3, 0.4) is 0 Å². The predicted octanol–water partition coefficient (Wildman–Crippen LogP) is 6.62. The molecule has 0 saturated heterocycles. The Morgan fingerprint density at radius 2 is 1.68 bits per heavy atom. The summed E-state index contributed by atoms with van der Waals surface area (Å²) >= 11 is 6.73. The van der Waals surface area contributed by atoms with Crippen LogP contribution >= 0.6 is 31.9 Å². The second-order valence-electron chi connectivity index (χ2n) is 7.46. The summed E-state index contributed by atoms with van der Waals surface area (Å²) in [5, 5.41) is 15.8. The molecule has 0 aliphatic heterocycles. The monoisotopic (exact) mass is 587 g/mol. The maximum absolute atomic E-state index is 12.6. The number of carbonyl (C=O) groups is 2. The van der Waals surface area contributed by atoms with Crippen LogP contribution in [0.25, 0.3) is 0 Å². The zero-order valence-corrected chi connectivity index (χ0v) is 21.3. The van der Waals surface area contributed by atoms with Gasteiger partial charge in [-0.15, -0.1) is 0 Å². The highest BCUT2D eigenvalue weighted by Crippen LogP contribution is 2.35. The lowest BCUT2D eigenvalue weighted by Crippen LogP contribution is -2.21. The predicted molar refractivity (Wildman–Crippen MR) is 141 cm³/mol. The molecule has 0 heterocycles. The van der Waals surface area contributed by atoms with Crippen LogP contribution in [-0.2, 0) is 9.53 Å². The summed E-state index contributed by atoms with van der Waals surface area (Å²) in [5.41, 5.74) is 7.75. The molecule has 9 heteroatoms. The number of amides is 2. The van der Waals surface area contributed by atoms with Crippen molar-refractivity contribution in [2.45, 2.75) is 13.0 Å². The zero-order chi connectivity index (χ0) is 24.7. The maximum atomic E-state index is 12.6. The van der Waals surface area contributed by atoms with Crippen LogP contribution in [0.4, 0.5) is 21.9 Å². The number of ether oxygens (including phenoxy) is 1.